The van der Waals surface area contributed by atoms with E-state index in [1.807, 2.05) is 18.2 Å². The standard InChI is InChI=1S/C19H16N2O4/c22-18(6-2-12-1-4-16-13(9-12)7-8-24-16)20-14-3-5-17-15(10-14)21-19(23)11-25-17/h1-6,9-10H,7-8,11H2,(H,20,22)(H,21,23)/b6-2+. The molecule has 0 aliphatic carbocycles. The predicted octanol–water partition coefficient (Wildman–Crippen LogP) is 2.60. The zero-order chi connectivity index (χ0) is 17.2. The van der Waals surface area contributed by atoms with Crippen LogP contribution in [0.3, 0.4) is 0 Å². The van der Waals surface area contributed by atoms with Crippen molar-refractivity contribution in [2.24, 2.45) is 0 Å². The highest BCUT2D eigenvalue weighted by molar-refractivity contribution is 6.03. The van der Waals surface area contributed by atoms with E-state index in [0.717, 1.165) is 23.3 Å². The second-order valence-corrected chi connectivity index (χ2v) is 5.84. The summed E-state index contributed by atoms with van der Waals surface area (Å²) in [6.07, 6.45) is 4.13. The molecular weight excluding hydrogens is 320 g/mol. The fourth-order valence-corrected chi connectivity index (χ4v) is 2.83. The minimum absolute atomic E-state index is 0.00720. The predicted molar refractivity (Wildman–Crippen MR) is 93.9 cm³/mol. The van der Waals surface area contributed by atoms with Crippen molar-refractivity contribution in [2.45, 2.75) is 6.42 Å². The molecule has 0 unspecified atom stereocenters. The highest BCUT2D eigenvalue weighted by Gasteiger charge is 2.16. The Morgan fingerprint density at radius 3 is 2.92 bits per heavy atom. The number of nitrogens with one attached hydrogen (secondary N) is 2. The Hall–Kier alpha value is -3.28. The third-order valence-electron chi connectivity index (χ3n) is 4.02. The third kappa shape index (κ3) is 3.33. The lowest BCUT2D eigenvalue weighted by molar-refractivity contribution is -0.118. The van der Waals surface area contributed by atoms with Crippen LogP contribution in [-0.4, -0.2) is 25.0 Å². The Balaban J connectivity index is 1.43. The highest BCUT2D eigenvalue weighted by Crippen LogP contribution is 2.30. The number of carbonyl (C=O) groups excluding carboxylic acids is 2. The van der Waals surface area contributed by atoms with E-state index < -0.39 is 0 Å². The van der Waals surface area contributed by atoms with Gasteiger partial charge in [-0.3, -0.25) is 9.59 Å². The first-order valence-corrected chi connectivity index (χ1v) is 7.99. The molecule has 6 heteroatoms. The first-order chi connectivity index (χ1) is 12.2. The van der Waals surface area contributed by atoms with Gasteiger partial charge in [-0.2, -0.15) is 0 Å². The second-order valence-electron chi connectivity index (χ2n) is 5.84. The molecule has 25 heavy (non-hydrogen) atoms. The summed E-state index contributed by atoms with van der Waals surface area (Å²) in [6, 6.07) is 11.0. The molecule has 0 aromatic heterocycles. The van der Waals surface area contributed by atoms with Crippen LogP contribution in [-0.2, 0) is 16.0 Å². The smallest absolute Gasteiger partial charge is 0.262 e. The fraction of sp³-hybridized carbons (Fsp3) is 0.158. The Bertz CT molecular complexity index is 889. The van der Waals surface area contributed by atoms with Crippen molar-refractivity contribution >= 4 is 29.3 Å². The van der Waals surface area contributed by atoms with Crippen LogP contribution in [0.4, 0.5) is 11.4 Å². The van der Waals surface area contributed by atoms with Gasteiger partial charge in [-0.1, -0.05) is 6.07 Å². The lowest BCUT2D eigenvalue weighted by Crippen LogP contribution is -2.25. The van der Waals surface area contributed by atoms with E-state index >= 15 is 0 Å². The summed E-state index contributed by atoms with van der Waals surface area (Å²) >= 11 is 0. The Morgan fingerprint density at radius 2 is 2.00 bits per heavy atom. The molecule has 2 aromatic carbocycles. The number of anilines is 2. The van der Waals surface area contributed by atoms with E-state index in [-0.39, 0.29) is 18.4 Å². The van der Waals surface area contributed by atoms with Crippen LogP contribution in [0, 0.1) is 0 Å². The number of benzene rings is 2. The summed E-state index contributed by atoms with van der Waals surface area (Å²) in [4.78, 5) is 23.5. The molecule has 126 valence electrons. The number of carbonyl (C=O) groups is 2. The van der Waals surface area contributed by atoms with Crippen LogP contribution >= 0.6 is 0 Å². The summed E-state index contributed by atoms with van der Waals surface area (Å²) in [5.41, 5.74) is 3.25. The lowest BCUT2D eigenvalue weighted by atomic mass is 10.1. The van der Waals surface area contributed by atoms with Crippen LogP contribution in [0.25, 0.3) is 6.08 Å². The van der Waals surface area contributed by atoms with Gasteiger partial charge in [-0.05, 0) is 47.5 Å². The lowest BCUT2D eigenvalue weighted by Gasteiger charge is -2.18. The van der Waals surface area contributed by atoms with Crippen molar-refractivity contribution in [1.29, 1.82) is 0 Å². The van der Waals surface area contributed by atoms with Crippen LogP contribution < -0.4 is 20.1 Å². The maximum atomic E-state index is 12.1. The van der Waals surface area contributed by atoms with E-state index in [4.69, 9.17) is 9.47 Å². The molecule has 0 radical (unpaired) electrons. The van der Waals surface area contributed by atoms with Crippen molar-refractivity contribution in [3.63, 3.8) is 0 Å². The molecule has 2 aliphatic heterocycles. The topological polar surface area (TPSA) is 76.7 Å². The van der Waals surface area contributed by atoms with Gasteiger partial charge in [-0.15, -0.1) is 0 Å². The largest absolute Gasteiger partial charge is 0.493 e. The molecule has 0 atom stereocenters. The van der Waals surface area contributed by atoms with Gasteiger partial charge in [0.05, 0.1) is 12.3 Å². The molecule has 2 heterocycles. The van der Waals surface area contributed by atoms with Crippen molar-refractivity contribution in [2.75, 3.05) is 23.8 Å². The van der Waals surface area contributed by atoms with Crippen LogP contribution in [0.1, 0.15) is 11.1 Å². The summed E-state index contributed by atoms with van der Waals surface area (Å²) in [7, 11) is 0. The van der Waals surface area contributed by atoms with Gasteiger partial charge >= 0.3 is 0 Å². The van der Waals surface area contributed by atoms with Gasteiger partial charge < -0.3 is 20.1 Å². The van der Waals surface area contributed by atoms with E-state index in [0.29, 0.717) is 23.7 Å². The fourth-order valence-electron chi connectivity index (χ4n) is 2.83. The van der Waals surface area contributed by atoms with Crippen LogP contribution in [0.2, 0.25) is 0 Å². The molecule has 6 nitrogen and oxygen atoms in total. The van der Waals surface area contributed by atoms with Gasteiger partial charge in [-0.25, -0.2) is 0 Å². The zero-order valence-corrected chi connectivity index (χ0v) is 13.4. The maximum Gasteiger partial charge on any atom is 0.262 e. The molecule has 0 saturated heterocycles. The molecule has 0 spiro atoms. The third-order valence-corrected chi connectivity index (χ3v) is 4.02. The number of amides is 2. The van der Waals surface area contributed by atoms with Crippen LogP contribution in [0.5, 0.6) is 11.5 Å². The summed E-state index contributed by atoms with van der Waals surface area (Å²) in [5.74, 6) is 1.05. The van der Waals surface area contributed by atoms with Gasteiger partial charge in [0.1, 0.15) is 11.5 Å². The number of hydrogen-bond acceptors (Lipinski definition) is 4. The molecule has 0 saturated carbocycles. The number of ether oxygens (including phenoxy) is 2. The number of fused-ring (bicyclic) bond motifs is 2. The Morgan fingerprint density at radius 1 is 1.12 bits per heavy atom. The Kier molecular flexibility index (Phi) is 3.85. The van der Waals surface area contributed by atoms with E-state index in [1.165, 1.54) is 6.08 Å². The van der Waals surface area contributed by atoms with Gasteiger partial charge in [0.15, 0.2) is 6.61 Å². The summed E-state index contributed by atoms with van der Waals surface area (Å²) in [6.45, 7) is 0.717. The molecule has 4 rings (SSSR count). The minimum atomic E-state index is -0.250. The van der Waals surface area contributed by atoms with Gasteiger partial charge in [0, 0.05) is 18.2 Å². The van der Waals surface area contributed by atoms with Gasteiger partial charge in [0.2, 0.25) is 5.91 Å². The molecule has 0 fully saturated rings. The van der Waals surface area contributed by atoms with E-state index in [9.17, 15) is 9.59 Å². The highest BCUT2D eigenvalue weighted by atomic mass is 16.5. The SMILES string of the molecule is O=C(/C=C/c1ccc2c(c1)CCO2)Nc1ccc2c(c1)NC(=O)CO2. The van der Waals surface area contributed by atoms with Crippen molar-refractivity contribution in [3.8, 4) is 11.5 Å². The van der Waals surface area contributed by atoms with Crippen molar-refractivity contribution in [3.05, 3.63) is 53.6 Å². The van der Waals surface area contributed by atoms with Crippen molar-refractivity contribution in [1.82, 2.24) is 0 Å². The summed E-state index contributed by atoms with van der Waals surface area (Å²) < 4.78 is 10.8. The van der Waals surface area contributed by atoms with Gasteiger partial charge in [0.25, 0.3) is 5.91 Å². The maximum absolute atomic E-state index is 12.1. The quantitative estimate of drug-likeness (QED) is 0.845. The first-order valence-electron chi connectivity index (χ1n) is 7.99. The molecule has 0 bridgehead atoms. The molecule has 2 aliphatic rings. The average molecular weight is 336 g/mol. The number of rotatable bonds is 3. The first kappa shape index (κ1) is 15.3. The monoisotopic (exact) mass is 336 g/mol. The van der Waals surface area contributed by atoms with Crippen LogP contribution in [0.15, 0.2) is 42.5 Å². The zero-order valence-electron chi connectivity index (χ0n) is 13.4. The van der Waals surface area contributed by atoms with Crippen molar-refractivity contribution < 1.29 is 19.1 Å². The van der Waals surface area contributed by atoms with E-state index in [1.54, 1.807) is 24.3 Å². The van der Waals surface area contributed by atoms with E-state index in [2.05, 4.69) is 10.6 Å². The molecule has 2 amide bonds. The second kappa shape index (κ2) is 6.32. The Labute approximate surface area is 144 Å². The minimum Gasteiger partial charge on any atom is -0.493 e. The normalized spacial score (nSPS) is 15.0. The molecule has 2 aromatic rings. The average Bonchev–Trinajstić information content (AvgIpc) is 3.07. The number of hydrogen-bond donors (Lipinski definition) is 2. The molecular formula is C19H16N2O4. The summed E-state index contributed by atoms with van der Waals surface area (Å²) in [5, 5.41) is 5.48. The molecule has 2 N–H and O–H groups in total.